The molecule has 0 radical (unpaired) electrons. The van der Waals surface area contributed by atoms with E-state index in [4.69, 9.17) is 10.5 Å². The van der Waals surface area contributed by atoms with E-state index in [1.807, 2.05) is 4.90 Å². The van der Waals surface area contributed by atoms with Crippen molar-refractivity contribution in [3.05, 3.63) is 70.1 Å². The summed E-state index contributed by atoms with van der Waals surface area (Å²) in [6.07, 6.45) is -2.86. The number of amides is 1. The topological polar surface area (TPSA) is 101 Å². The number of benzene rings is 2. The summed E-state index contributed by atoms with van der Waals surface area (Å²) in [4.78, 5) is 29.0. The van der Waals surface area contributed by atoms with Gasteiger partial charge >= 0.3 is 6.18 Å². The maximum absolute atomic E-state index is 14.2. The maximum Gasteiger partial charge on any atom is 0.418 e. The van der Waals surface area contributed by atoms with Crippen LogP contribution in [-0.2, 0) is 17.4 Å². The molecule has 1 saturated heterocycles. The van der Waals surface area contributed by atoms with Crippen molar-refractivity contribution in [2.45, 2.75) is 12.6 Å². The highest BCUT2D eigenvalue weighted by Gasteiger charge is 2.37. The van der Waals surface area contributed by atoms with Gasteiger partial charge in [0, 0.05) is 49.6 Å². The molecule has 1 amide bonds. The van der Waals surface area contributed by atoms with E-state index >= 15 is 0 Å². The number of carbonyl (C=O) groups is 1. The molecule has 0 saturated carbocycles. The van der Waals surface area contributed by atoms with E-state index in [9.17, 15) is 27.9 Å². The van der Waals surface area contributed by atoms with E-state index in [2.05, 4.69) is 0 Å². The molecular weight excluding hydrogens is 501 g/mol. The van der Waals surface area contributed by atoms with Gasteiger partial charge in [0.1, 0.15) is 11.4 Å². The summed E-state index contributed by atoms with van der Waals surface area (Å²) in [5.41, 5.74) is 6.02. The highest BCUT2D eigenvalue weighted by molar-refractivity contribution is 5.83. The van der Waals surface area contributed by atoms with E-state index in [0.717, 1.165) is 10.6 Å². The molecule has 1 fully saturated rings. The van der Waals surface area contributed by atoms with Crippen LogP contribution in [0.15, 0.2) is 53.5 Å². The number of pyridine rings is 1. The molecule has 2 aliphatic rings. The van der Waals surface area contributed by atoms with E-state index < -0.39 is 23.2 Å². The molecule has 0 atom stereocenters. The number of carbonyl (C=O) groups excluding carboxylic acids is 1. The normalized spacial score (nSPS) is 15.4. The lowest BCUT2D eigenvalue weighted by Gasteiger charge is -2.40. The SMILES string of the molecule is COc1cccc(-c2cn(-c3cc(N4CC(CO)C4)ccc3C(F)(F)F)c(=O)c3c2CCN3CC(N)=O)c1. The highest BCUT2D eigenvalue weighted by Crippen LogP contribution is 2.40. The minimum absolute atomic E-state index is 0.00608. The molecule has 38 heavy (non-hydrogen) atoms. The maximum atomic E-state index is 14.2. The Hall–Kier alpha value is -3.99. The van der Waals surface area contributed by atoms with Gasteiger partial charge in [-0.25, -0.2) is 0 Å². The second-order valence-corrected chi connectivity index (χ2v) is 9.57. The quantitative estimate of drug-likeness (QED) is 0.489. The summed E-state index contributed by atoms with van der Waals surface area (Å²) in [6, 6.07) is 10.8. The minimum atomic E-state index is -4.72. The number of rotatable bonds is 7. The van der Waals surface area contributed by atoms with Gasteiger partial charge in [-0.1, -0.05) is 12.1 Å². The predicted octanol–water partition coefficient (Wildman–Crippen LogP) is 2.81. The fraction of sp³-hybridized carbons (Fsp3) is 0.333. The molecule has 3 N–H and O–H groups in total. The third-order valence-corrected chi connectivity index (χ3v) is 7.09. The van der Waals surface area contributed by atoms with Gasteiger partial charge in [0.2, 0.25) is 5.91 Å². The Morgan fingerprint density at radius 1 is 1.18 bits per heavy atom. The van der Waals surface area contributed by atoms with Crippen molar-refractivity contribution in [1.82, 2.24) is 4.57 Å². The summed E-state index contributed by atoms with van der Waals surface area (Å²) in [5, 5.41) is 9.36. The van der Waals surface area contributed by atoms with E-state index in [1.165, 1.54) is 30.3 Å². The summed E-state index contributed by atoms with van der Waals surface area (Å²) in [7, 11) is 1.51. The number of alkyl halides is 3. The molecule has 0 unspecified atom stereocenters. The lowest BCUT2D eigenvalue weighted by atomic mass is 9.98. The number of aliphatic hydroxyl groups is 1. The van der Waals surface area contributed by atoms with Crippen LogP contribution >= 0.6 is 0 Å². The van der Waals surface area contributed by atoms with Gasteiger partial charge in [0.05, 0.1) is 24.9 Å². The minimum Gasteiger partial charge on any atom is -0.497 e. The van der Waals surface area contributed by atoms with Crippen molar-refractivity contribution < 1.29 is 27.8 Å². The van der Waals surface area contributed by atoms with Crippen LogP contribution in [0, 0.1) is 5.92 Å². The highest BCUT2D eigenvalue weighted by atomic mass is 19.4. The van der Waals surface area contributed by atoms with Crippen molar-refractivity contribution in [1.29, 1.82) is 0 Å². The van der Waals surface area contributed by atoms with E-state index in [0.29, 0.717) is 54.2 Å². The molecule has 0 spiro atoms. The fourth-order valence-electron chi connectivity index (χ4n) is 5.19. The molecular formula is C27H27F3N4O4. The molecule has 1 aromatic heterocycles. The number of nitrogens with zero attached hydrogens (tertiary/aromatic N) is 3. The third kappa shape index (κ3) is 4.58. The third-order valence-electron chi connectivity index (χ3n) is 7.09. The van der Waals surface area contributed by atoms with Crippen LogP contribution in [0.2, 0.25) is 0 Å². The molecule has 5 rings (SSSR count). The van der Waals surface area contributed by atoms with Gasteiger partial charge in [-0.05, 0) is 47.9 Å². The first-order valence-corrected chi connectivity index (χ1v) is 12.1. The first-order chi connectivity index (χ1) is 18.1. The molecule has 8 nitrogen and oxygen atoms in total. The van der Waals surface area contributed by atoms with Crippen LogP contribution < -0.4 is 25.8 Å². The number of hydrogen-bond acceptors (Lipinski definition) is 6. The van der Waals surface area contributed by atoms with Gasteiger partial charge in [0.15, 0.2) is 0 Å². The molecule has 3 aromatic rings. The average molecular weight is 529 g/mol. The van der Waals surface area contributed by atoms with Crippen LogP contribution in [0.3, 0.4) is 0 Å². The van der Waals surface area contributed by atoms with Crippen molar-refractivity contribution in [3.8, 4) is 22.6 Å². The Bertz CT molecular complexity index is 1450. The monoisotopic (exact) mass is 528 g/mol. The van der Waals surface area contributed by atoms with Crippen molar-refractivity contribution >= 4 is 17.3 Å². The molecule has 200 valence electrons. The number of anilines is 2. The number of hydrogen-bond donors (Lipinski definition) is 2. The van der Waals surface area contributed by atoms with Gasteiger partial charge in [-0.2, -0.15) is 13.2 Å². The number of fused-ring (bicyclic) bond motifs is 1. The molecule has 0 aliphatic carbocycles. The zero-order chi connectivity index (χ0) is 27.2. The van der Waals surface area contributed by atoms with Gasteiger partial charge in [0.25, 0.3) is 5.56 Å². The summed E-state index contributed by atoms with van der Waals surface area (Å²) in [6.45, 7) is 1.10. The Labute approximate surface area is 216 Å². The van der Waals surface area contributed by atoms with Crippen LogP contribution in [0.1, 0.15) is 11.1 Å². The summed E-state index contributed by atoms with van der Waals surface area (Å²) >= 11 is 0. The van der Waals surface area contributed by atoms with E-state index in [1.54, 1.807) is 24.3 Å². The zero-order valence-electron chi connectivity index (χ0n) is 20.7. The predicted molar refractivity (Wildman–Crippen MR) is 137 cm³/mol. The number of methoxy groups -OCH3 is 1. The van der Waals surface area contributed by atoms with Crippen molar-refractivity contribution in [3.63, 3.8) is 0 Å². The number of aromatic nitrogens is 1. The largest absolute Gasteiger partial charge is 0.497 e. The van der Waals surface area contributed by atoms with Crippen LogP contribution in [0.4, 0.5) is 24.5 Å². The fourth-order valence-corrected chi connectivity index (χ4v) is 5.19. The molecule has 2 aliphatic heterocycles. The van der Waals surface area contributed by atoms with Gasteiger partial charge < -0.3 is 25.4 Å². The van der Waals surface area contributed by atoms with Crippen molar-refractivity contribution in [2.24, 2.45) is 11.7 Å². The Kier molecular flexibility index (Phi) is 6.56. The van der Waals surface area contributed by atoms with Crippen LogP contribution in [0.5, 0.6) is 5.75 Å². The van der Waals surface area contributed by atoms with Crippen molar-refractivity contribution in [2.75, 3.05) is 49.7 Å². The lowest BCUT2D eigenvalue weighted by Crippen LogP contribution is -2.48. The van der Waals surface area contributed by atoms with E-state index in [-0.39, 0.29) is 30.4 Å². The summed E-state index contributed by atoms with van der Waals surface area (Å²) in [5.74, 6) is -0.0505. The zero-order valence-corrected chi connectivity index (χ0v) is 20.7. The smallest absolute Gasteiger partial charge is 0.418 e. The number of aliphatic hydroxyl groups excluding tert-OH is 1. The number of primary amides is 1. The second-order valence-electron chi connectivity index (χ2n) is 9.57. The molecule has 0 bridgehead atoms. The Morgan fingerprint density at radius 3 is 2.61 bits per heavy atom. The average Bonchev–Trinajstić information content (AvgIpc) is 3.26. The molecule has 3 heterocycles. The van der Waals surface area contributed by atoms with Crippen LogP contribution in [-0.4, -0.2) is 55.5 Å². The first kappa shape index (κ1) is 25.7. The van der Waals surface area contributed by atoms with Crippen LogP contribution in [0.25, 0.3) is 16.8 Å². The lowest BCUT2D eigenvalue weighted by molar-refractivity contribution is -0.137. The number of halogens is 3. The van der Waals surface area contributed by atoms with Gasteiger partial charge in [-0.3, -0.25) is 14.2 Å². The Morgan fingerprint density at radius 2 is 1.95 bits per heavy atom. The van der Waals surface area contributed by atoms with Gasteiger partial charge in [-0.15, -0.1) is 0 Å². The standard InChI is InChI=1S/C27H27F3N4O4/c1-38-19-4-2-3-17(9-19)21-13-34(26(37)25-20(21)7-8-32(25)14-24(31)36)23-10-18(33-11-16(12-33)15-35)5-6-22(23)27(28,29)30/h2-6,9-10,13,16,35H,7-8,11-12,14-15H2,1H3,(H2,31,36). The second kappa shape index (κ2) is 9.71. The molecule has 11 heteroatoms. The first-order valence-electron chi connectivity index (χ1n) is 12.1. The summed E-state index contributed by atoms with van der Waals surface area (Å²) < 4.78 is 49.0. The Balaban J connectivity index is 1.75. The number of ether oxygens (including phenoxy) is 1. The number of nitrogens with two attached hydrogens (primary N) is 1. The molecule has 2 aromatic carbocycles.